The number of carbonyl (C=O) groups is 2. The highest BCUT2D eigenvalue weighted by Gasteiger charge is 2.13. The molecule has 0 aliphatic rings. The highest BCUT2D eigenvalue weighted by molar-refractivity contribution is 7.14. The van der Waals surface area contributed by atoms with E-state index in [-0.39, 0.29) is 18.3 Å². The van der Waals surface area contributed by atoms with Gasteiger partial charge in [-0.2, -0.15) is 0 Å². The van der Waals surface area contributed by atoms with Gasteiger partial charge in [-0.05, 0) is 6.92 Å². The monoisotopic (exact) mass is 294 g/mol. The molecule has 0 unspecified atom stereocenters. The Kier molecular flexibility index (Phi) is 4.46. The average molecular weight is 294 g/mol. The molecule has 0 radical (unpaired) electrons. The van der Waals surface area contributed by atoms with E-state index < -0.39 is 0 Å². The minimum atomic E-state index is -0.331. The van der Waals surface area contributed by atoms with Crippen LogP contribution in [0.15, 0.2) is 17.9 Å². The Bertz CT molecular complexity index is 620. The molecule has 2 aromatic rings. The molecule has 1 N–H and O–H groups in total. The standard InChI is InChI=1S/C12H14N4O3S/c1-3-19-10(17)4-8-6-20-12(14-8)15-11(18)9-5-13-7-16(9)2/h5-7H,3-4H2,1-2H3,(H,14,15,18). The van der Waals surface area contributed by atoms with Gasteiger partial charge >= 0.3 is 5.97 Å². The lowest BCUT2D eigenvalue weighted by atomic mass is 10.3. The molecule has 0 aliphatic carbocycles. The van der Waals surface area contributed by atoms with E-state index in [4.69, 9.17) is 4.74 Å². The number of nitrogens with one attached hydrogen (secondary N) is 1. The summed E-state index contributed by atoms with van der Waals surface area (Å²) in [7, 11) is 1.73. The van der Waals surface area contributed by atoms with Crippen molar-refractivity contribution in [1.82, 2.24) is 14.5 Å². The van der Waals surface area contributed by atoms with E-state index in [0.717, 1.165) is 0 Å². The maximum atomic E-state index is 11.9. The summed E-state index contributed by atoms with van der Waals surface area (Å²) in [6.07, 6.45) is 3.12. The maximum absolute atomic E-state index is 11.9. The molecule has 2 aromatic heterocycles. The van der Waals surface area contributed by atoms with Gasteiger partial charge in [-0.25, -0.2) is 9.97 Å². The van der Waals surface area contributed by atoms with Crippen molar-refractivity contribution in [3.05, 3.63) is 29.3 Å². The van der Waals surface area contributed by atoms with E-state index in [2.05, 4.69) is 15.3 Å². The fourth-order valence-electron chi connectivity index (χ4n) is 1.54. The first-order valence-corrected chi connectivity index (χ1v) is 6.85. The topological polar surface area (TPSA) is 86.1 Å². The second-order valence-electron chi connectivity index (χ2n) is 3.97. The molecule has 0 saturated carbocycles. The highest BCUT2D eigenvalue weighted by atomic mass is 32.1. The number of carbonyl (C=O) groups excluding carboxylic acids is 2. The molecule has 20 heavy (non-hydrogen) atoms. The SMILES string of the molecule is CCOC(=O)Cc1csc(NC(=O)c2cncn2C)n1. The van der Waals surface area contributed by atoms with Crippen molar-refractivity contribution in [3.63, 3.8) is 0 Å². The number of hydrogen-bond acceptors (Lipinski definition) is 6. The third-order valence-corrected chi connectivity index (χ3v) is 3.26. The van der Waals surface area contributed by atoms with Gasteiger partial charge in [-0.3, -0.25) is 14.9 Å². The lowest BCUT2D eigenvalue weighted by Crippen LogP contribution is -2.15. The van der Waals surface area contributed by atoms with Crippen LogP contribution in [0.3, 0.4) is 0 Å². The zero-order chi connectivity index (χ0) is 14.5. The lowest BCUT2D eigenvalue weighted by molar-refractivity contribution is -0.142. The predicted octanol–water partition coefficient (Wildman–Crippen LogP) is 1.23. The molecule has 0 aromatic carbocycles. The van der Waals surface area contributed by atoms with Crippen molar-refractivity contribution in [2.45, 2.75) is 13.3 Å². The Hall–Kier alpha value is -2.22. The van der Waals surface area contributed by atoms with Crippen LogP contribution in [-0.2, 0) is 23.0 Å². The minimum absolute atomic E-state index is 0.103. The second kappa shape index (κ2) is 6.29. The summed E-state index contributed by atoms with van der Waals surface area (Å²) in [5, 5.41) is 4.82. The number of nitrogens with zero attached hydrogens (tertiary/aromatic N) is 3. The van der Waals surface area contributed by atoms with Crippen LogP contribution in [0, 0.1) is 0 Å². The fourth-order valence-corrected chi connectivity index (χ4v) is 2.25. The number of anilines is 1. The first kappa shape index (κ1) is 14.2. The van der Waals surface area contributed by atoms with Gasteiger partial charge < -0.3 is 9.30 Å². The molecule has 1 amide bonds. The van der Waals surface area contributed by atoms with Crippen molar-refractivity contribution < 1.29 is 14.3 Å². The van der Waals surface area contributed by atoms with Crippen molar-refractivity contribution >= 4 is 28.3 Å². The second-order valence-corrected chi connectivity index (χ2v) is 4.83. The van der Waals surface area contributed by atoms with Crippen molar-refractivity contribution in [3.8, 4) is 0 Å². The largest absolute Gasteiger partial charge is 0.466 e. The summed E-state index contributed by atoms with van der Waals surface area (Å²) < 4.78 is 6.45. The molecule has 0 saturated heterocycles. The van der Waals surface area contributed by atoms with Crippen LogP contribution < -0.4 is 5.32 Å². The normalized spacial score (nSPS) is 10.3. The Morgan fingerprint density at radius 1 is 1.50 bits per heavy atom. The molecule has 2 rings (SSSR count). The first-order chi connectivity index (χ1) is 9.60. The van der Waals surface area contributed by atoms with Crippen molar-refractivity contribution in [2.24, 2.45) is 7.05 Å². The van der Waals surface area contributed by atoms with Crippen LogP contribution in [0.5, 0.6) is 0 Å². The average Bonchev–Trinajstić information content (AvgIpc) is 2.99. The van der Waals surface area contributed by atoms with E-state index in [9.17, 15) is 9.59 Å². The third-order valence-electron chi connectivity index (χ3n) is 2.45. The van der Waals surface area contributed by atoms with Gasteiger partial charge in [0.05, 0.1) is 31.2 Å². The predicted molar refractivity (Wildman–Crippen MR) is 73.6 cm³/mol. The Labute approximate surface area is 119 Å². The van der Waals surface area contributed by atoms with Gasteiger partial charge in [0.15, 0.2) is 5.13 Å². The molecule has 0 atom stereocenters. The van der Waals surface area contributed by atoms with Gasteiger partial charge in [0.1, 0.15) is 5.69 Å². The van der Waals surface area contributed by atoms with Crippen molar-refractivity contribution in [2.75, 3.05) is 11.9 Å². The number of amides is 1. The molecule has 106 valence electrons. The number of ether oxygens (including phenoxy) is 1. The molecular formula is C12H14N4O3S. The van der Waals surface area contributed by atoms with Crippen LogP contribution >= 0.6 is 11.3 Å². The van der Waals surface area contributed by atoms with Gasteiger partial charge in [0.25, 0.3) is 5.91 Å². The van der Waals surface area contributed by atoms with Gasteiger partial charge in [0.2, 0.25) is 0 Å². The smallest absolute Gasteiger partial charge is 0.311 e. The molecular weight excluding hydrogens is 280 g/mol. The Balaban J connectivity index is 1.98. The number of aromatic nitrogens is 3. The van der Waals surface area contributed by atoms with Crippen molar-refractivity contribution in [1.29, 1.82) is 0 Å². The zero-order valence-corrected chi connectivity index (χ0v) is 11.9. The number of esters is 1. The minimum Gasteiger partial charge on any atom is -0.466 e. The van der Waals surface area contributed by atoms with Crippen LogP contribution in [0.1, 0.15) is 23.1 Å². The van der Waals surface area contributed by atoms with E-state index in [1.807, 2.05) is 0 Å². The first-order valence-electron chi connectivity index (χ1n) is 5.98. The third kappa shape index (κ3) is 3.41. The van der Waals surface area contributed by atoms with E-state index in [1.165, 1.54) is 17.5 Å². The molecule has 7 nitrogen and oxygen atoms in total. The number of imidazole rings is 1. The zero-order valence-electron chi connectivity index (χ0n) is 11.1. The molecule has 2 heterocycles. The maximum Gasteiger partial charge on any atom is 0.311 e. The highest BCUT2D eigenvalue weighted by Crippen LogP contribution is 2.17. The number of thiazole rings is 1. The molecule has 0 fully saturated rings. The summed E-state index contributed by atoms with van der Waals surface area (Å²) >= 11 is 1.26. The van der Waals surface area contributed by atoms with Crippen LogP contribution in [0.25, 0.3) is 0 Å². The molecule has 0 aliphatic heterocycles. The van der Waals surface area contributed by atoms with Gasteiger partial charge in [0, 0.05) is 12.4 Å². The Morgan fingerprint density at radius 3 is 2.95 bits per heavy atom. The molecule has 0 spiro atoms. The fraction of sp³-hybridized carbons (Fsp3) is 0.333. The van der Waals surface area contributed by atoms with E-state index >= 15 is 0 Å². The number of hydrogen-bond donors (Lipinski definition) is 1. The summed E-state index contributed by atoms with van der Waals surface area (Å²) in [6.45, 7) is 2.09. The van der Waals surface area contributed by atoms with Crippen LogP contribution in [0.4, 0.5) is 5.13 Å². The summed E-state index contributed by atoms with van der Waals surface area (Å²) in [5.41, 5.74) is 1.01. The van der Waals surface area contributed by atoms with E-state index in [0.29, 0.717) is 23.1 Å². The number of rotatable bonds is 5. The lowest BCUT2D eigenvalue weighted by Gasteiger charge is -2.01. The summed E-state index contributed by atoms with van der Waals surface area (Å²) in [5.74, 6) is -0.621. The van der Waals surface area contributed by atoms with Crippen LogP contribution in [0.2, 0.25) is 0 Å². The number of aryl methyl sites for hydroxylation is 1. The summed E-state index contributed by atoms with van der Waals surface area (Å²) in [6, 6.07) is 0. The van der Waals surface area contributed by atoms with E-state index in [1.54, 1.807) is 30.2 Å². The van der Waals surface area contributed by atoms with Crippen LogP contribution in [-0.4, -0.2) is 33.0 Å². The van der Waals surface area contributed by atoms with Gasteiger partial charge in [-0.1, -0.05) is 0 Å². The van der Waals surface area contributed by atoms with Gasteiger partial charge in [-0.15, -0.1) is 11.3 Å². The molecule has 0 bridgehead atoms. The molecule has 8 heteroatoms. The Morgan fingerprint density at radius 2 is 2.30 bits per heavy atom. The summed E-state index contributed by atoms with van der Waals surface area (Å²) in [4.78, 5) is 31.3. The quantitative estimate of drug-likeness (QED) is 0.838.